The first kappa shape index (κ1) is 15.3. The summed E-state index contributed by atoms with van der Waals surface area (Å²) in [6.45, 7) is 6.10. The Balaban J connectivity index is 0.00000225. The molecule has 0 aliphatic rings. The summed E-state index contributed by atoms with van der Waals surface area (Å²) in [4.78, 5) is 12.3. The minimum Gasteiger partial charge on any atom is -0.349 e. The molecule has 0 aliphatic carbocycles. The summed E-state index contributed by atoms with van der Waals surface area (Å²) in [5.74, 6) is -0.139. The number of carbonyl (C=O) groups excluding carboxylic acids is 1. The Labute approximate surface area is 105 Å². The van der Waals surface area contributed by atoms with Gasteiger partial charge in [-0.15, -0.1) is 17.5 Å². The minimum atomic E-state index is -0.403. The van der Waals surface area contributed by atoms with E-state index in [-0.39, 0.29) is 18.3 Å². The molecule has 0 spiro atoms. The van der Waals surface area contributed by atoms with Gasteiger partial charge in [-0.25, -0.2) is 0 Å². The molecule has 0 radical (unpaired) electrons. The van der Waals surface area contributed by atoms with Crippen LogP contribution in [0.2, 0.25) is 0 Å². The van der Waals surface area contributed by atoms with E-state index in [2.05, 4.69) is 14.9 Å². The predicted octanol–water partition coefficient (Wildman–Crippen LogP) is 0.989. The highest BCUT2D eigenvalue weighted by molar-refractivity contribution is 7.08. The maximum absolute atomic E-state index is 11.7. The van der Waals surface area contributed by atoms with Gasteiger partial charge in [0.15, 0.2) is 0 Å². The van der Waals surface area contributed by atoms with E-state index in [0.29, 0.717) is 17.8 Å². The molecule has 1 amide bonds. The van der Waals surface area contributed by atoms with Gasteiger partial charge in [0.2, 0.25) is 0 Å². The monoisotopic (exact) mass is 264 g/mol. The molecule has 5 nitrogen and oxygen atoms in total. The molecule has 1 aromatic heterocycles. The third-order valence-electron chi connectivity index (χ3n) is 1.80. The molecule has 0 aliphatic heterocycles. The zero-order chi connectivity index (χ0) is 11.5. The molecule has 0 fully saturated rings. The molecular formula is C9H17ClN4OS. The van der Waals surface area contributed by atoms with Crippen LogP contribution in [0.15, 0.2) is 0 Å². The first-order valence-electron chi connectivity index (χ1n) is 4.82. The zero-order valence-corrected chi connectivity index (χ0v) is 11.2. The second-order valence-electron chi connectivity index (χ2n) is 4.07. The summed E-state index contributed by atoms with van der Waals surface area (Å²) in [6.07, 6.45) is 0.714. The van der Waals surface area contributed by atoms with Crippen LogP contribution >= 0.6 is 23.9 Å². The number of rotatable bonds is 4. The third-order valence-corrected chi connectivity index (χ3v) is 2.57. The standard InChI is InChI=1S/C9H16N4OS.ClH/c1-4-6-7(15-13-12-6)8(14)11-5-9(2,3)10;/h4-5,10H2,1-3H3,(H,11,14);1H. The highest BCUT2D eigenvalue weighted by Gasteiger charge is 2.17. The van der Waals surface area contributed by atoms with Gasteiger partial charge in [-0.3, -0.25) is 4.79 Å². The van der Waals surface area contributed by atoms with Gasteiger partial charge in [-0.05, 0) is 31.8 Å². The molecule has 3 N–H and O–H groups in total. The fourth-order valence-electron chi connectivity index (χ4n) is 1.00. The molecule has 0 unspecified atom stereocenters. The largest absolute Gasteiger partial charge is 0.349 e. The smallest absolute Gasteiger partial charge is 0.265 e. The number of carbonyl (C=O) groups is 1. The summed E-state index contributed by atoms with van der Waals surface area (Å²) in [6, 6.07) is 0. The second kappa shape index (κ2) is 6.12. The van der Waals surface area contributed by atoms with Crippen molar-refractivity contribution < 1.29 is 4.79 Å². The molecule has 0 aromatic carbocycles. The molecule has 16 heavy (non-hydrogen) atoms. The van der Waals surface area contributed by atoms with E-state index in [0.717, 1.165) is 17.2 Å². The van der Waals surface area contributed by atoms with Gasteiger partial charge in [0.25, 0.3) is 5.91 Å². The maximum atomic E-state index is 11.7. The lowest BCUT2D eigenvalue weighted by Gasteiger charge is -2.18. The van der Waals surface area contributed by atoms with Crippen LogP contribution in [-0.4, -0.2) is 27.6 Å². The minimum absolute atomic E-state index is 0. The fraction of sp³-hybridized carbons (Fsp3) is 0.667. The number of hydrogen-bond donors (Lipinski definition) is 2. The number of hydrogen-bond acceptors (Lipinski definition) is 5. The summed E-state index contributed by atoms with van der Waals surface area (Å²) in [5, 5.41) is 6.64. The van der Waals surface area contributed by atoms with Gasteiger partial charge in [0.1, 0.15) is 4.88 Å². The summed E-state index contributed by atoms with van der Waals surface area (Å²) < 4.78 is 3.76. The molecule has 0 bridgehead atoms. The van der Waals surface area contributed by atoms with Crippen LogP contribution in [-0.2, 0) is 6.42 Å². The Kier molecular flexibility index (Phi) is 5.85. The van der Waals surface area contributed by atoms with Crippen molar-refractivity contribution >= 4 is 29.8 Å². The summed E-state index contributed by atoms with van der Waals surface area (Å²) >= 11 is 1.12. The SMILES string of the molecule is CCc1nnsc1C(=O)NCC(C)(C)N.Cl. The predicted molar refractivity (Wildman–Crippen MR) is 67.1 cm³/mol. The Bertz CT molecular complexity index is 348. The van der Waals surface area contributed by atoms with Gasteiger partial charge in [-0.1, -0.05) is 11.4 Å². The lowest BCUT2D eigenvalue weighted by molar-refractivity contribution is 0.0949. The fourth-order valence-corrected chi connectivity index (χ4v) is 1.67. The van der Waals surface area contributed by atoms with Gasteiger partial charge in [-0.2, -0.15) is 0 Å². The molecule has 1 heterocycles. The van der Waals surface area contributed by atoms with Crippen molar-refractivity contribution in [1.82, 2.24) is 14.9 Å². The van der Waals surface area contributed by atoms with Gasteiger partial charge in [0, 0.05) is 12.1 Å². The number of nitrogens with one attached hydrogen (secondary N) is 1. The van der Waals surface area contributed by atoms with Crippen molar-refractivity contribution in [3.8, 4) is 0 Å². The van der Waals surface area contributed by atoms with Crippen molar-refractivity contribution in [3.63, 3.8) is 0 Å². The first-order valence-corrected chi connectivity index (χ1v) is 5.59. The maximum Gasteiger partial charge on any atom is 0.265 e. The van der Waals surface area contributed by atoms with Crippen LogP contribution in [0.1, 0.15) is 36.1 Å². The normalized spacial score (nSPS) is 10.8. The van der Waals surface area contributed by atoms with E-state index in [1.165, 1.54) is 0 Å². The summed E-state index contributed by atoms with van der Waals surface area (Å²) in [5.41, 5.74) is 6.11. The van der Waals surface area contributed by atoms with Crippen LogP contribution in [0.25, 0.3) is 0 Å². The molecule has 1 rings (SSSR count). The zero-order valence-electron chi connectivity index (χ0n) is 9.61. The molecule has 0 atom stereocenters. The van der Waals surface area contributed by atoms with E-state index in [1.54, 1.807) is 0 Å². The molecule has 1 aromatic rings. The quantitative estimate of drug-likeness (QED) is 0.850. The van der Waals surface area contributed by atoms with Gasteiger partial charge < -0.3 is 11.1 Å². The Morgan fingerprint density at radius 3 is 2.69 bits per heavy atom. The van der Waals surface area contributed by atoms with E-state index in [9.17, 15) is 4.79 Å². The average Bonchev–Trinajstić information content (AvgIpc) is 2.60. The van der Waals surface area contributed by atoms with Gasteiger partial charge >= 0.3 is 0 Å². The lowest BCUT2D eigenvalue weighted by atomic mass is 10.1. The number of aromatic nitrogens is 2. The Morgan fingerprint density at radius 2 is 2.19 bits per heavy atom. The highest BCUT2D eigenvalue weighted by Crippen LogP contribution is 2.10. The third kappa shape index (κ3) is 4.42. The highest BCUT2D eigenvalue weighted by atomic mass is 35.5. The van der Waals surface area contributed by atoms with Crippen LogP contribution in [0.3, 0.4) is 0 Å². The van der Waals surface area contributed by atoms with Crippen molar-refractivity contribution in [1.29, 1.82) is 0 Å². The van der Waals surface area contributed by atoms with E-state index in [1.807, 2.05) is 20.8 Å². The summed E-state index contributed by atoms with van der Waals surface area (Å²) in [7, 11) is 0. The van der Waals surface area contributed by atoms with E-state index in [4.69, 9.17) is 5.73 Å². The number of nitrogens with zero attached hydrogens (tertiary/aromatic N) is 2. The van der Waals surface area contributed by atoms with Crippen molar-refractivity contribution in [3.05, 3.63) is 10.6 Å². The molecule has 0 saturated carbocycles. The van der Waals surface area contributed by atoms with Crippen LogP contribution < -0.4 is 11.1 Å². The lowest BCUT2D eigenvalue weighted by Crippen LogP contribution is -2.45. The number of amides is 1. The van der Waals surface area contributed by atoms with E-state index < -0.39 is 5.54 Å². The van der Waals surface area contributed by atoms with Crippen LogP contribution in [0, 0.1) is 0 Å². The molecule has 0 saturated heterocycles. The van der Waals surface area contributed by atoms with Crippen molar-refractivity contribution in [2.75, 3.05) is 6.54 Å². The molecular weight excluding hydrogens is 248 g/mol. The number of aryl methyl sites for hydroxylation is 1. The molecule has 92 valence electrons. The topological polar surface area (TPSA) is 80.9 Å². The second-order valence-corrected chi connectivity index (χ2v) is 4.83. The van der Waals surface area contributed by atoms with Crippen molar-refractivity contribution in [2.45, 2.75) is 32.7 Å². The molecule has 7 heteroatoms. The average molecular weight is 265 g/mol. The van der Waals surface area contributed by atoms with Crippen LogP contribution in [0.4, 0.5) is 0 Å². The first-order chi connectivity index (χ1) is 6.94. The Hall–Kier alpha value is -0.720. The van der Waals surface area contributed by atoms with Crippen molar-refractivity contribution in [2.24, 2.45) is 5.73 Å². The number of halogens is 1. The van der Waals surface area contributed by atoms with E-state index >= 15 is 0 Å². The van der Waals surface area contributed by atoms with Gasteiger partial charge in [0.05, 0.1) is 5.69 Å². The Morgan fingerprint density at radius 1 is 1.56 bits per heavy atom. The van der Waals surface area contributed by atoms with Crippen LogP contribution in [0.5, 0.6) is 0 Å². The number of nitrogens with two attached hydrogens (primary N) is 1.